The van der Waals surface area contributed by atoms with E-state index >= 15 is 0 Å². The number of nitriles is 1. The number of amides is 1. The molecule has 17 heavy (non-hydrogen) atoms. The summed E-state index contributed by atoms with van der Waals surface area (Å²) >= 11 is 0. The Morgan fingerprint density at radius 2 is 2.18 bits per heavy atom. The molecule has 2 aliphatic rings. The van der Waals surface area contributed by atoms with E-state index in [9.17, 15) is 9.59 Å². The Bertz CT molecular complexity index is 383. The fourth-order valence-corrected chi connectivity index (χ4v) is 2.26. The first-order valence-corrected chi connectivity index (χ1v) is 5.64. The van der Waals surface area contributed by atoms with Crippen LogP contribution >= 0.6 is 0 Å². The molecule has 6 nitrogen and oxygen atoms in total. The number of carbonyl (C=O) groups excluding carboxylic acids is 1. The Morgan fingerprint density at radius 1 is 1.47 bits per heavy atom. The lowest BCUT2D eigenvalue weighted by molar-refractivity contribution is -0.170. The van der Waals surface area contributed by atoms with E-state index < -0.39 is 17.5 Å². The van der Waals surface area contributed by atoms with Crippen LogP contribution in [0.1, 0.15) is 19.3 Å². The fourth-order valence-electron chi connectivity index (χ4n) is 2.26. The largest absolute Gasteiger partial charge is 0.480 e. The summed E-state index contributed by atoms with van der Waals surface area (Å²) in [5.74, 6) is -1.41. The lowest BCUT2D eigenvalue weighted by atomic mass is 9.67. The summed E-state index contributed by atoms with van der Waals surface area (Å²) in [4.78, 5) is 24.8. The molecule has 1 heterocycles. The third-order valence-corrected chi connectivity index (χ3v) is 3.52. The maximum atomic E-state index is 12.2. The highest BCUT2D eigenvalue weighted by atomic mass is 16.5. The molecule has 1 aliphatic carbocycles. The maximum Gasteiger partial charge on any atom is 0.319 e. The summed E-state index contributed by atoms with van der Waals surface area (Å²) in [5.41, 5.74) is -1.24. The number of hydrogen-bond acceptors (Lipinski definition) is 4. The molecule has 0 radical (unpaired) electrons. The number of ether oxygens (including phenoxy) is 1. The van der Waals surface area contributed by atoms with Gasteiger partial charge in [-0.05, 0) is 12.8 Å². The van der Waals surface area contributed by atoms with Crippen molar-refractivity contribution in [3.63, 3.8) is 0 Å². The number of aliphatic carboxylic acids is 1. The van der Waals surface area contributed by atoms with Gasteiger partial charge < -0.3 is 14.7 Å². The lowest BCUT2D eigenvalue weighted by Crippen LogP contribution is -2.56. The Balaban J connectivity index is 2.09. The smallest absolute Gasteiger partial charge is 0.319 e. The van der Waals surface area contributed by atoms with E-state index in [0.717, 1.165) is 6.42 Å². The molecule has 0 aromatic heterocycles. The first-order chi connectivity index (χ1) is 8.10. The van der Waals surface area contributed by atoms with Gasteiger partial charge in [-0.25, -0.2) is 0 Å². The fraction of sp³-hybridized carbons (Fsp3) is 0.727. The van der Waals surface area contributed by atoms with Gasteiger partial charge in [-0.2, -0.15) is 5.26 Å². The maximum absolute atomic E-state index is 12.2. The molecule has 0 spiro atoms. The minimum absolute atomic E-state index is 0.171. The summed E-state index contributed by atoms with van der Waals surface area (Å²) in [6.07, 6.45) is 0.925. The van der Waals surface area contributed by atoms with E-state index in [-0.39, 0.29) is 12.5 Å². The number of morpholine rings is 1. The van der Waals surface area contributed by atoms with Crippen LogP contribution in [0.3, 0.4) is 0 Å². The summed E-state index contributed by atoms with van der Waals surface area (Å²) in [6.45, 7) is 0.829. The molecule has 2 fully saturated rings. The zero-order chi connectivity index (χ0) is 12.5. The van der Waals surface area contributed by atoms with Gasteiger partial charge >= 0.3 is 5.97 Å². The van der Waals surface area contributed by atoms with Crippen LogP contribution in [0.4, 0.5) is 0 Å². The standard InChI is InChI=1S/C11H14N2O4/c12-6-8-7-13(4-5-17-8)9(14)11(10(15)16)2-1-3-11/h8H,1-5,7H2,(H,15,16). The molecule has 1 N–H and O–H groups in total. The number of carboxylic acid groups (broad SMARTS) is 1. The Hall–Kier alpha value is -1.61. The minimum Gasteiger partial charge on any atom is -0.480 e. The third kappa shape index (κ3) is 1.87. The van der Waals surface area contributed by atoms with Crippen molar-refractivity contribution in [2.75, 3.05) is 19.7 Å². The van der Waals surface area contributed by atoms with Gasteiger partial charge in [0.2, 0.25) is 5.91 Å². The van der Waals surface area contributed by atoms with Crippen LogP contribution in [0.15, 0.2) is 0 Å². The van der Waals surface area contributed by atoms with Gasteiger partial charge in [0.15, 0.2) is 6.10 Å². The Labute approximate surface area is 98.8 Å². The van der Waals surface area contributed by atoms with Crippen molar-refractivity contribution >= 4 is 11.9 Å². The van der Waals surface area contributed by atoms with Crippen LogP contribution in [-0.4, -0.2) is 47.7 Å². The van der Waals surface area contributed by atoms with Crippen molar-refractivity contribution in [2.45, 2.75) is 25.4 Å². The molecule has 1 atom stereocenters. The van der Waals surface area contributed by atoms with Crippen LogP contribution in [0, 0.1) is 16.7 Å². The zero-order valence-electron chi connectivity index (χ0n) is 9.39. The predicted molar refractivity (Wildman–Crippen MR) is 55.9 cm³/mol. The van der Waals surface area contributed by atoms with E-state index in [1.54, 1.807) is 0 Å². The van der Waals surface area contributed by atoms with Gasteiger partial charge in [0, 0.05) is 6.54 Å². The number of nitrogens with zero attached hydrogens (tertiary/aromatic N) is 2. The van der Waals surface area contributed by atoms with Crippen LogP contribution in [0.2, 0.25) is 0 Å². The molecule has 0 aromatic rings. The highest BCUT2D eigenvalue weighted by Crippen LogP contribution is 2.43. The number of carboxylic acids is 1. The van der Waals surface area contributed by atoms with Crippen molar-refractivity contribution < 1.29 is 19.4 Å². The molecule has 1 unspecified atom stereocenters. The van der Waals surface area contributed by atoms with E-state index in [1.165, 1.54) is 4.90 Å². The molecule has 2 rings (SSSR count). The normalized spacial score (nSPS) is 26.8. The minimum atomic E-state index is -1.24. The quantitative estimate of drug-likeness (QED) is 0.683. The average molecular weight is 238 g/mol. The summed E-state index contributed by atoms with van der Waals surface area (Å²) in [7, 11) is 0. The molecule has 1 aliphatic heterocycles. The molecule has 1 saturated carbocycles. The summed E-state index contributed by atoms with van der Waals surface area (Å²) < 4.78 is 5.13. The second kappa shape index (κ2) is 4.34. The van der Waals surface area contributed by atoms with Gasteiger partial charge in [0.1, 0.15) is 5.41 Å². The van der Waals surface area contributed by atoms with Gasteiger partial charge in [0.05, 0.1) is 19.2 Å². The molecule has 1 amide bonds. The monoisotopic (exact) mass is 238 g/mol. The van der Waals surface area contributed by atoms with Gasteiger partial charge in [-0.3, -0.25) is 9.59 Å². The van der Waals surface area contributed by atoms with Gasteiger partial charge in [-0.15, -0.1) is 0 Å². The Kier molecular flexibility index (Phi) is 3.03. The molecular formula is C11H14N2O4. The molecule has 6 heteroatoms. The van der Waals surface area contributed by atoms with E-state index in [4.69, 9.17) is 15.1 Å². The van der Waals surface area contributed by atoms with Crippen molar-refractivity contribution in [3.8, 4) is 6.07 Å². The van der Waals surface area contributed by atoms with E-state index in [2.05, 4.69) is 0 Å². The van der Waals surface area contributed by atoms with Crippen molar-refractivity contribution in [1.29, 1.82) is 5.26 Å². The molecule has 1 saturated heterocycles. The number of hydrogen-bond donors (Lipinski definition) is 1. The van der Waals surface area contributed by atoms with Crippen molar-refractivity contribution in [3.05, 3.63) is 0 Å². The summed E-state index contributed by atoms with van der Waals surface area (Å²) in [5, 5.41) is 17.9. The van der Waals surface area contributed by atoms with E-state index in [1.807, 2.05) is 6.07 Å². The molecule has 0 aromatic carbocycles. The number of carbonyl (C=O) groups is 2. The summed E-state index contributed by atoms with van der Waals surface area (Å²) in [6, 6.07) is 1.94. The lowest BCUT2D eigenvalue weighted by Gasteiger charge is -2.41. The SMILES string of the molecule is N#CC1CN(C(=O)C2(C(=O)O)CCC2)CCO1. The van der Waals surface area contributed by atoms with Gasteiger partial charge in [-0.1, -0.05) is 6.42 Å². The average Bonchev–Trinajstić information content (AvgIpc) is 2.27. The van der Waals surface area contributed by atoms with E-state index in [0.29, 0.717) is 26.0 Å². The topological polar surface area (TPSA) is 90.6 Å². The van der Waals surface area contributed by atoms with Crippen LogP contribution in [0.25, 0.3) is 0 Å². The molecule has 92 valence electrons. The predicted octanol–water partition coefficient (Wildman–Crippen LogP) is -0.00772. The second-order valence-corrected chi connectivity index (χ2v) is 4.48. The zero-order valence-corrected chi connectivity index (χ0v) is 9.39. The van der Waals surface area contributed by atoms with Crippen LogP contribution < -0.4 is 0 Å². The first-order valence-electron chi connectivity index (χ1n) is 5.64. The Morgan fingerprint density at radius 3 is 2.65 bits per heavy atom. The van der Waals surface area contributed by atoms with Crippen LogP contribution in [-0.2, 0) is 14.3 Å². The number of rotatable bonds is 2. The highest BCUT2D eigenvalue weighted by Gasteiger charge is 2.53. The van der Waals surface area contributed by atoms with Crippen LogP contribution in [0.5, 0.6) is 0 Å². The molecule has 0 bridgehead atoms. The second-order valence-electron chi connectivity index (χ2n) is 4.48. The first kappa shape index (κ1) is 11.9. The van der Waals surface area contributed by atoms with Gasteiger partial charge in [0.25, 0.3) is 0 Å². The van der Waals surface area contributed by atoms with Crippen molar-refractivity contribution in [2.24, 2.45) is 5.41 Å². The third-order valence-electron chi connectivity index (χ3n) is 3.52. The van der Waals surface area contributed by atoms with Crippen molar-refractivity contribution in [1.82, 2.24) is 4.90 Å². The highest BCUT2D eigenvalue weighted by molar-refractivity contribution is 6.02. The molecular weight excluding hydrogens is 224 g/mol.